The van der Waals surface area contributed by atoms with Gasteiger partial charge in [0.2, 0.25) is 0 Å². The molecule has 0 spiro atoms. The Morgan fingerprint density at radius 2 is 2.00 bits per heavy atom. The fourth-order valence-electron chi connectivity index (χ4n) is 4.27. The van der Waals surface area contributed by atoms with Crippen molar-refractivity contribution in [3.63, 3.8) is 0 Å². The van der Waals surface area contributed by atoms with Crippen molar-refractivity contribution in [2.24, 2.45) is 0 Å². The molecule has 7 nitrogen and oxygen atoms in total. The summed E-state index contributed by atoms with van der Waals surface area (Å²) in [6, 6.07) is 0. The average molecular weight is 400 g/mol. The van der Waals surface area contributed by atoms with Gasteiger partial charge in [0.25, 0.3) is 0 Å². The third-order valence-corrected chi connectivity index (χ3v) is 6.69. The lowest BCUT2D eigenvalue weighted by atomic mass is 9.90. The highest BCUT2D eigenvalue weighted by molar-refractivity contribution is 7.26. The van der Waals surface area contributed by atoms with Gasteiger partial charge in [0.1, 0.15) is 22.8 Å². The van der Waals surface area contributed by atoms with Crippen molar-refractivity contribution < 1.29 is 9.47 Å². The first-order chi connectivity index (χ1) is 13.9. The fourth-order valence-corrected chi connectivity index (χ4v) is 5.39. The highest BCUT2D eigenvalue weighted by Gasteiger charge is 2.26. The zero-order valence-electron chi connectivity index (χ0n) is 16.2. The zero-order valence-corrected chi connectivity index (χ0v) is 17.0. The van der Waals surface area contributed by atoms with Crippen LogP contribution in [0.15, 0.2) is 6.33 Å². The van der Waals surface area contributed by atoms with E-state index in [1.165, 1.54) is 35.2 Å². The summed E-state index contributed by atoms with van der Waals surface area (Å²) >= 11 is 1.70. The van der Waals surface area contributed by atoms with Gasteiger partial charge < -0.3 is 19.7 Å². The van der Waals surface area contributed by atoms with E-state index in [1.54, 1.807) is 24.8 Å². The molecule has 0 amide bonds. The van der Waals surface area contributed by atoms with E-state index in [4.69, 9.17) is 14.5 Å². The van der Waals surface area contributed by atoms with Crippen molar-refractivity contribution in [1.29, 1.82) is 0 Å². The van der Waals surface area contributed by atoms with Crippen LogP contribution in [-0.2, 0) is 22.3 Å². The van der Waals surface area contributed by atoms with Crippen LogP contribution in [0, 0.1) is 0 Å². The summed E-state index contributed by atoms with van der Waals surface area (Å²) in [4.78, 5) is 17.8. The number of ether oxygens (including phenoxy) is 2. The number of pyridine rings is 1. The summed E-state index contributed by atoms with van der Waals surface area (Å²) in [6.45, 7) is 4.76. The molecule has 0 aromatic carbocycles. The molecule has 0 radical (unpaired) electrons. The summed E-state index contributed by atoms with van der Waals surface area (Å²) in [5.41, 5.74) is 3.91. The normalized spacial score (nSPS) is 17.2. The molecule has 4 heterocycles. The molecule has 0 bridgehead atoms. The molecule has 148 valence electrons. The van der Waals surface area contributed by atoms with E-state index in [-0.39, 0.29) is 0 Å². The molecule has 8 heteroatoms. The molecule has 1 fully saturated rings. The second-order valence-electron chi connectivity index (χ2n) is 7.30. The van der Waals surface area contributed by atoms with Gasteiger partial charge in [0.15, 0.2) is 0 Å². The number of nitrogens with zero attached hydrogens (tertiary/aromatic N) is 4. The Kier molecular flexibility index (Phi) is 5.00. The predicted octanol–water partition coefficient (Wildman–Crippen LogP) is 3.01. The first kappa shape index (κ1) is 18.0. The van der Waals surface area contributed by atoms with E-state index in [0.717, 1.165) is 66.6 Å². The molecule has 1 saturated heterocycles. The highest BCUT2D eigenvalue weighted by atomic mass is 32.1. The van der Waals surface area contributed by atoms with Crippen LogP contribution >= 0.6 is 11.3 Å². The topological polar surface area (TPSA) is 72.4 Å². The predicted molar refractivity (Wildman–Crippen MR) is 113 cm³/mol. The third-order valence-electron chi connectivity index (χ3n) is 5.61. The highest BCUT2D eigenvalue weighted by Crippen LogP contribution is 2.42. The largest absolute Gasteiger partial charge is 0.383 e. The first-order valence-corrected chi connectivity index (χ1v) is 10.8. The number of anilines is 2. The first-order valence-electron chi connectivity index (χ1n) is 10.0. The lowest BCUT2D eigenvalue weighted by molar-refractivity contribution is 0.122. The van der Waals surface area contributed by atoms with E-state index in [0.29, 0.717) is 6.61 Å². The zero-order chi connectivity index (χ0) is 18.9. The smallest absolute Gasteiger partial charge is 0.147 e. The van der Waals surface area contributed by atoms with Crippen molar-refractivity contribution in [2.75, 3.05) is 56.8 Å². The summed E-state index contributed by atoms with van der Waals surface area (Å²) in [5, 5.41) is 4.63. The van der Waals surface area contributed by atoms with Crippen molar-refractivity contribution in [3.05, 3.63) is 17.5 Å². The number of aryl methyl sites for hydroxylation is 1. The number of morpholine rings is 1. The van der Waals surface area contributed by atoms with Crippen molar-refractivity contribution in [2.45, 2.75) is 25.7 Å². The number of aromatic nitrogens is 3. The molecule has 1 aliphatic carbocycles. The maximum absolute atomic E-state index is 5.56. The molecular weight excluding hydrogens is 374 g/mol. The van der Waals surface area contributed by atoms with Crippen LogP contribution in [0.25, 0.3) is 20.4 Å². The fraction of sp³-hybridized carbons (Fsp3) is 0.550. The lowest BCUT2D eigenvalue weighted by Crippen LogP contribution is -2.37. The summed E-state index contributed by atoms with van der Waals surface area (Å²) in [7, 11) is 1.71. The molecule has 0 atom stereocenters. The van der Waals surface area contributed by atoms with E-state index in [1.807, 2.05) is 0 Å². The Bertz CT molecular complexity index is 999. The minimum atomic E-state index is 0.644. The van der Waals surface area contributed by atoms with Gasteiger partial charge in [-0.1, -0.05) is 0 Å². The van der Waals surface area contributed by atoms with Crippen molar-refractivity contribution in [1.82, 2.24) is 15.0 Å². The van der Waals surface area contributed by atoms with Crippen LogP contribution in [0.3, 0.4) is 0 Å². The van der Waals surface area contributed by atoms with E-state index >= 15 is 0 Å². The van der Waals surface area contributed by atoms with Crippen LogP contribution < -0.4 is 10.2 Å². The third kappa shape index (κ3) is 3.09. The molecule has 2 aliphatic rings. The summed E-state index contributed by atoms with van der Waals surface area (Å²) in [6.07, 6.45) is 6.34. The van der Waals surface area contributed by atoms with Crippen LogP contribution in [0.1, 0.15) is 24.0 Å². The van der Waals surface area contributed by atoms with Gasteiger partial charge in [-0.15, -0.1) is 11.3 Å². The van der Waals surface area contributed by atoms with Crippen LogP contribution in [0.4, 0.5) is 11.6 Å². The minimum absolute atomic E-state index is 0.644. The van der Waals surface area contributed by atoms with Gasteiger partial charge in [-0.05, 0) is 36.8 Å². The SMILES string of the molecule is COCCNc1ncnc2c1sc1nc(N3CCOCC3)c3c(c12)CCCC3. The Morgan fingerprint density at radius 1 is 1.18 bits per heavy atom. The maximum atomic E-state index is 5.56. The molecule has 5 rings (SSSR count). The van der Waals surface area contributed by atoms with Crippen molar-refractivity contribution in [3.8, 4) is 0 Å². The second kappa shape index (κ2) is 7.77. The second-order valence-corrected chi connectivity index (χ2v) is 8.30. The summed E-state index contributed by atoms with van der Waals surface area (Å²) in [5.74, 6) is 2.04. The van der Waals surface area contributed by atoms with Crippen molar-refractivity contribution >= 4 is 43.4 Å². The Hall–Kier alpha value is -2.03. The van der Waals surface area contributed by atoms with Gasteiger partial charge in [-0.25, -0.2) is 15.0 Å². The monoisotopic (exact) mass is 399 g/mol. The van der Waals surface area contributed by atoms with Gasteiger partial charge in [-0.3, -0.25) is 0 Å². The molecule has 1 N–H and O–H groups in total. The molecule has 0 unspecified atom stereocenters. The van der Waals surface area contributed by atoms with Crippen LogP contribution in [0.5, 0.6) is 0 Å². The number of hydrogen-bond acceptors (Lipinski definition) is 8. The average Bonchev–Trinajstić information content (AvgIpc) is 3.14. The molecule has 0 saturated carbocycles. The number of rotatable bonds is 5. The molecular formula is C20H25N5O2S. The maximum Gasteiger partial charge on any atom is 0.147 e. The Balaban J connectivity index is 1.68. The number of methoxy groups -OCH3 is 1. The number of hydrogen-bond donors (Lipinski definition) is 1. The number of fused-ring (bicyclic) bond motifs is 5. The van der Waals surface area contributed by atoms with Gasteiger partial charge >= 0.3 is 0 Å². The molecule has 3 aromatic rings. The van der Waals surface area contributed by atoms with Gasteiger partial charge in [0.05, 0.1) is 30.0 Å². The molecule has 3 aromatic heterocycles. The number of nitrogens with one attached hydrogen (secondary N) is 1. The van der Waals surface area contributed by atoms with E-state index < -0.39 is 0 Å². The van der Waals surface area contributed by atoms with E-state index in [2.05, 4.69) is 20.2 Å². The minimum Gasteiger partial charge on any atom is -0.383 e. The Labute approximate surface area is 168 Å². The van der Waals surface area contributed by atoms with Crippen LogP contribution in [0.2, 0.25) is 0 Å². The summed E-state index contributed by atoms with van der Waals surface area (Å²) < 4.78 is 11.8. The van der Waals surface area contributed by atoms with E-state index in [9.17, 15) is 0 Å². The number of thiophene rings is 1. The molecule has 1 aliphatic heterocycles. The standard InChI is InChI=1S/C20H25N5O2S/c1-26-9-6-21-18-17-16(22-12-23-18)15-13-4-2-3-5-14(13)19(24-20(15)28-17)25-7-10-27-11-8-25/h12H,2-11H2,1H3,(H,21,22,23). The van der Waals surface area contributed by atoms with Gasteiger partial charge in [-0.2, -0.15) is 0 Å². The van der Waals surface area contributed by atoms with Crippen LogP contribution in [-0.4, -0.2) is 61.5 Å². The lowest BCUT2D eigenvalue weighted by Gasteiger charge is -2.31. The molecule has 28 heavy (non-hydrogen) atoms. The quantitative estimate of drug-likeness (QED) is 0.661. The van der Waals surface area contributed by atoms with Gasteiger partial charge in [0, 0.05) is 32.1 Å². The Morgan fingerprint density at radius 3 is 2.82 bits per heavy atom.